The topological polar surface area (TPSA) is 46.6 Å². The number of rotatable bonds is 1. The fraction of sp³-hybridized carbons (Fsp3) is 0.111. The highest BCUT2D eigenvalue weighted by Gasteiger charge is 2.39. The van der Waals surface area contributed by atoms with E-state index in [0.29, 0.717) is 5.69 Å². The van der Waals surface area contributed by atoms with E-state index in [0.717, 1.165) is 4.90 Å². The zero-order valence-electron chi connectivity index (χ0n) is 7.01. The SMILES string of the molecule is O=C1OC(Br)C(=O)N1c1ccccc1. The van der Waals surface area contributed by atoms with Crippen molar-refractivity contribution in [3.05, 3.63) is 30.3 Å². The molecule has 1 saturated heterocycles. The molecule has 0 spiro atoms. The van der Waals surface area contributed by atoms with Gasteiger partial charge in [-0.15, -0.1) is 0 Å². The minimum Gasteiger partial charge on any atom is -0.424 e. The highest BCUT2D eigenvalue weighted by molar-refractivity contribution is 9.09. The number of benzene rings is 1. The molecule has 1 aromatic rings. The summed E-state index contributed by atoms with van der Waals surface area (Å²) in [6.45, 7) is 0. The molecule has 2 rings (SSSR count). The maximum atomic E-state index is 11.4. The van der Waals surface area contributed by atoms with Gasteiger partial charge in [0.25, 0.3) is 5.91 Å². The van der Waals surface area contributed by atoms with Crippen molar-refractivity contribution in [1.29, 1.82) is 0 Å². The molecule has 0 saturated carbocycles. The van der Waals surface area contributed by atoms with E-state index in [1.165, 1.54) is 0 Å². The Balaban J connectivity index is 2.36. The monoisotopic (exact) mass is 255 g/mol. The minimum absolute atomic E-state index is 0.402. The van der Waals surface area contributed by atoms with Crippen LogP contribution in [0.3, 0.4) is 0 Å². The number of nitrogens with zero attached hydrogens (tertiary/aromatic N) is 1. The van der Waals surface area contributed by atoms with Gasteiger partial charge in [-0.1, -0.05) is 18.2 Å². The summed E-state index contributed by atoms with van der Waals surface area (Å²) in [5.74, 6) is -0.402. The van der Waals surface area contributed by atoms with Gasteiger partial charge in [-0.25, -0.2) is 9.69 Å². The van der Waals surface area contributed by atoms with Crippen LogP contribution < -0.4 is 4.90 Å². The van der Waals surface area contributed by atoms with Gasteiger partial charge in [-0.05, 0) is 28.1 Å². The number of ether oxygens (including phenoxy) is 1. The first-order valence-corrected chi connectivity index (χ1v) is 4.85. The number of cyclic esters (lactones) is 1. The Hall–Kier alpha value is -1.36. The highest BCUT2D eigenvalue weighted by atomic mass is 79.9. The first-order valence-electron chi connectivity index (χ1n) is 3.94. The van der Waals surface area contributed by atoms with Gasteiger partial charge in [0.2, 0.25) is 5.01 Å². The molecule has 2 amide bonds. The van der Waals surface area contributed by atoms with Crippen molar-refractivity contribution < 1.29 is 14.3 Å². The quantitative estimate of drug-likeness (QED) is 0.721. The minimum atomic E-state index is -0.866. The lowest BCUT2D eigenvalue weighted by Gasteiger charge is -2.09. The van der Waals surface area contributed by atoms with Gasteiger partial charge in [0.15, 0.2) is 0 Å². The highest BCUT2D eigenvalue weighted by Crippen LogP contribution is 2.24. The van der Waals surface area contributed by atoms with E-state index in [4.69, 9.17) is 4.74 Å². The van der Waals surface area contributed by atoms with E-state index in [1.807, 2.05) is 0 Å². The van der Waals surface area contributed by atoms with Crippen molar-refractivity contribution in [2.24, 2.45) is 0 Å². The summed E-state index contributed by atoms with van der Waals surface area (Å²) in [4.78, 5) is 23.7. The van der Waals surface area contributed by atoms with Gasteiger partial charge in [0, 0.05) is 0 Å². The van der Waals surface area contributed by atoms with E-state index >= 15 is 0 Å². The molecule has 14 heavy (non-hydrogen) atoms. The summed E-state index contributed by atoms with van der Waals surface area (Å²) in [6.07, 6.45) is -0.650. The van der Waals surface area contributed by atoms with E-state index < -0.39 is 17.0 Å². The predicted octanol–water partition coefficient (Wildman–Crippen LogP) is 1.89. The van der Waals surface area contributed by atoms with Crippen molar-refractivity contribution in [2.75, 3.05) is 4.90 Å². The molecule has 0 aliphatic carbocycles. The predicted molar refractivity (Wildman–Crippen MR) is 53.1 cm³/mol. The molecule has 1 aliphatic heterocycles. The number of para-hydroxylation sites is 1. The van der Waals surface area contributed by atoms with Crippen LogP contribution in [0, 0.1) is 0 Å². The number of alkyl halides is 1. The number of imide groups is 1. The van der Waals surface area contributed by atoms with E-state index in [1.54, 1.807) is 30.3 Å². The lowest BCUT2D eigenvalue weighted by molar-refractivity contribution is -0.118. The normalized spacial score (nSPS) is 21.2. The smallest absolute Gasteiger partial charge is 0.423 e. The van der Waals surface area contributed by atoms with Crippen molar-refractivity contribution in [3.8, 4) is 0 Å². The first-order chi connectivity index (χ1) is 6.70. The standard InChI is InChI=1S/C9H6BrNO3/c10-7-8(12)11(9(13)14-7)6-4-2-1-3-5-6/h1-5,7H. The third-order valence-corrected chi connectivity index (χ3v) is 2.39. The van der Waals surface area contributed by atoms with E-state index in [9.17, 15) is 9.59 Å². The fourth-order valence-electron chi connectivity index (χ4n) is 1.19. The molecule has 72 valence electrons. The Morgan fingerprint density at radius 2 is 1.86 bits per heavy atom. The second-order valence-corrected chi connectivity index (χ2v) is 3.54. The van der Waals surface area contributed by atoms with Gasteiger partial charge in [0.1, 0.15) is 0 Å². The average molecular weight is 256 g/mol. The van der Waals surface area contributed by atoms with Crippen molar-refractivity contribution in [2.45, 2.75) is 5.01 Å². The molecule has 1 heterocycles. The third kappa shape index (κ3) is 1.39. The Morgan fingerprint density at radius 3 is 2.36 bits per heavy atom. The summed E-state index contributed by atoms with van der Waals surface area (Å²) in [6, 6.07) is 8.64. The lowest BCUT2D eigenvalue weighted by Crippen LogP contribution is -2.29. The third-order valence-electron chi connectivity index (χ3n) is 1.82. The zero-order chi connectivity index (χ0) is 10.1. The summed E-state index contributed by atoms with van der Waals surface area (Å²) in [5.41, 5.74) is 0.518. The lowest BCUT2D eigenvalue weighted by atomic mass is 10.3. The summed E-state index contributed by atoms with van der Waals surface area (Å²) in [5, 5.41) is -0.866. The Bertz CT molecular complexity index is 379. The van der Waals surface area contributed by atoms with Crippen LogP contribution in [0.2, 0.25) is 0 Å². The van der Waals surface area contributed by atoms with Crippen LogP contribution in [0.25, 0.3) is 0 Å². The van der Waals surface area contributed by atoms with Crippen LogP contribution in [0.4, 0.5) is 10.5 Å². The molecule has 1 unspecified atom stereocenters. The molecule has 1 atom stereocenters. The fourth-order valence-corrected chi connectivity index (χ4v) is 1.56. The first kappa shape index (κ1) is 9.21. The molecule has 0 N–H and O–H groups in total. The number of hydrogen-bond donors (Lipinski definition) is 0. The number of carbonyl (C=O) groups excluding carboxylic acids is 2. The van der Waals surface area contributed by atoms with Crippen LogP contribution in [0.15, 0.2) is 30.3 Å². The molecule has 1 aliphatic rings. The van der Waals surface area contributed by atoms with Gasteiger partial charge in [-0.3, -0.25) is 4.79 Å². The molecule has 4 nitrogen and oxygen atoms in total. The van der Waals surface area contributed by atoms with Gasteiger partial charge in [0.05, 0.1) is 5.69 Å². The second kappa shape index (κ2) is 3.42. The molecule has 5 heteroatoms. The molecule has 1 aromatic carbocycles. The average Bonchev–Trinajstić information content (AvgIpc) is 2.43. The van der Waals surface area contributed by atoms with Crippen LogP contribution in [-0.4, -0.2) is 17.0 Å². The Labute approximate surface area is 88.6 Å². The maximum Gasteiger partial charge on any atom is 0.423 e. The number of amides is 2. The number of carbonyl (C=O) groups is 2. The van der Waals surface area contributed by atoms with Gasteiger partial charge < -0.3 is 4.74 Å². The maximum absolute atomic E-state index is 11.4. The molecule has 0 aromatic heterocycles. The number of anilines is 1. The largest absolute Gasteiger partial charge is 0.424 e. The second-order valence-electron chi connectivity index (χ2n) is 2.71. The van der Waals surface area contributed by atoms with Gasteiger partial charge >= 0.3 is 6.09 Å². The molecular formula is C9H6BrNO3. The van der Waals surface area contributed by atoms with Crippen LogP contribution in [-0.2, 0) is 9.53 Å². The van der Waals surface area contributed by atoms with Crippen molar-refractivity contribution in [3.63, 3.8) is 0 Å². The van der Waals surface area contributed by atoms with Crippen LogP contribution in [0.5, 0.6) is 0 Å². The van der Waals surface area contributed by atoms with E-state index in [-0.39, 0.29) is 0 Å². The summed E-state index contributed by atoms with van der Waals surface area (Å²) >= 11 is 2.95. The van der Waals surface area contributed by atoms with Crippen molar-refractivity contribution >= 4 is 33.6 Å². The molecule has 0 radical (unpaired) electrons. The number of halogens is 1. The van der Waals surface area contributed by atoms with Crippen molar-refractivity contribution in [1.82, 2.24) is 0 Å². The molecule has 1 fully saturated rings. The Kier molecular flexibility index (Phi) is 2.25. The van der Waals surface area contributed by atoms with Crippen LogP contribution in [0.1, 0.15) is 0 Å². The van der Waals surface area contributed by atoms with E-state index in [2.05, 4.69) is 15.9 Å². The van der Waals surface area contributed by atoms with Gasteiger partial charge in [-0.2, -0.15) is 0 Å². The van der Waals surface area contributed by atoms with Crippen LogP contribution >= 0.6 is 15.9 Å². The Morgan fingerprint density at radius 1 is 1.21 bits per heavy atom. The molecular weight excluding hydrogens is 250 g/mol. The summed E-state index contributed by atoms with van der Waals surface area (Å²) in [7, 11) is 0. The zero-order valence-corrected chi connectivity index (χ0v) is 8.60. The summed E-state index contributed by atoms with van der Waals surface area (Å²) < 4.78 is 4.69. The number of hydrogen-bond acceptors (Lipinski definition) is 3. The molecule has 0 bridgehead atoms.